The summed E-state index contributed by atoms with van der Waals surface area (Å²) >= 11 is 6.35. The van der Waals surface area contributed by atoms with Crippen LogP contribution >= 0.6 is 24.0 Å². The number of methoxy groups -OCH3 is 1. The summed E-state index contributed by atoms with van der Waals surface area (Å²) in [7, 11) is -1.51. The van der Waals surface area contributed by atoms with E-state index in [0.29, 0.717) is 21.4 Å². The van der Waals surface area contributed by atoms with Gasteiger partial charge in [-0.25, -0.2) is 8.42 Å². The number of sulfone groups is 1. The highest BCUT2D eigenvalue weighted by molar-refractivity contribution is 8.26. The molecule has 1 N–H and O–H groups in total. The van der Waals surface area contributed by atoms with Crippen LogP contribution in [0.1, 0.15) is 12.0 Å². The maximum Gasteiger partial charge on any atom is 0.266 e. The fourth-order valence-electron chi connectivity index (χ4n) is 2.81. The number of ether oxygens (including phenoxy) is 1. The molecule has 1 atom stereocenters. The molecule has 0 saturated carbocycles. The van der Waals surface area contributed by atoms with Gasteiger partial charge in [-0.15, -0.1) is 0 Å². The van der Waals surface area contributed by atoms with Crippen molar-refractivity contribution in [3.8, 4) is 5.75 Å². The van der Waals surface area contributed by atoms with Crippen LogP contribution in [0.25, 0.3) is 6.08 Å². The van der Waals surface area contributed by atoms with Gasteiger partial charge in [-0.1, -0.05) is 36.1 Å². The van der Waals surface area contributed by atoms with Gasteiger partial charge in [0.15, 0.2) is 9.84 Å². The number of hydrogen-bond acceptors (Lipinski definition) is 7. The maximum atomic E-state index is 12.6. The molecule has 0 aromatic heterocycles. The summed E-state index contributed by atoms with van der Waals surface area (Å²) in [5.74, 6) is -0.0302. The van der Waals surface area contributed by atoms with Crippen molar-refractivity contribution in [1.82, 2.24) is 10.2 Å². The van der Waals surface area contributed by atoms with Crippen LogP contribution < -0.4 is 10.1 Å². The lowest BCUT2D eigenvalue weighted by atomic mass is 10.2. The summed E-state index contributed by atoms with van der Waals surface area (Å²) in [6.45, 7) is -0.221. The zero-order valence-corrected chi connectivity index (χ0v) is 17.0. The molecule has 7 nitrogen and oxygen atoms in total. The Labute approximate surface area is 167 Å². The molecular weight excluding hydrogens is 408 g/mol. The lowest BCUT2D eigenvalue weighted by Crippen LogP contribution is -2.43. The Hall–Kier alpha value is -1.91. The van der Waals surface area contributed by atoms with Gasteiger partial charge < -0.3 is 10.1 Å². The molecule has 3 rings (SSSR count). The first-order valence-corrected chi connectivity index (χ1v) is 11.2. The van der Waals surface area contributed by atoms with Gasteiger partial charge in [-0.3, -0.25) is 14.5 Å². The third-order valence-electron chi connectivity index (χ3n) is 4.19. The highest BCUT2D eigenvalue weighted by Crippen LogP contribution is 2.32. The smallest absolute Gasteiger partial charge is 0.266 e. The van der Waals surface area contributed by atoms with E-state index in [9.17, 15) is 18.0 Å². The van der Waals surface area contributed by atoms with Crippen molar-refractivity contribution in [1.29, 1.82) is 0 Å². The van der Waals surface area contributed by atoms with Crippen LogP contribution in [0.2, 0.25) is 0 Å². The van der Waals surface area contributed by atoms with E-state index in [2.05, 4.69) is 5.32 Å². The third-order valence-corrected chi connectivity index (χ3v) is 7.33. The minimum absolute atomic E-state index is 0.0610. The van der Waals surface area contributed by atoms with Crippen LogP contribution in [0.5, 0.6) is 5.75 Å². The van der Waals surface area contributed by atoms with Crippen molar-refractivity contribution < 1.29 is 22.7 Å². The standard InChI is InChI=1S/C17H18N2O5S3/c1-24-13-4-2-11(3-5-13)8-14-16(21)19(17(25)26-14)9-15(20)18-12-6-7-27(22,23)10-12/h2-5,8,12H,6-7,9-10H2,1H3,(H,18,20)/b14-8-/t12-/m0/s1. The second-order valence-electron chi connectivity index (χ2n) is 6.21. The number of nitrogens with zero attached hydrogens (tertiary/aromatic N) is 1. The Morgan fingerprint density at radius 1 is 1.41 bits per heavy atom. The second kappa shape index (κ2) is 7.99. The summed E-state index contributed by atoms with van der Waals surface area (Å²) in [5, 5.41) is 2.67. The van der Waals surface area contributed by atoms with Crippen molar-refractivity contribution >= 4 is 56.0 Å². The molecular formula is C17H18N2O5S3. The molecule has 0 spiro atoms. The van der Waals surface area contributed by atoms with E-state index in [1.54, 1.807) is 25.3 Å². The summed E-state index contributed by atoms with van der Waals surface area (Å²) in [5.41, 5.74) is 0.817. The number of thiocarbonyl (C=S) groups is 1. The van der Waals surface area contributed by atoms with E-state index < -0.39 is 21.8 Å². The maximum absolute atomic E-state index is 12.6. The molecule has 2 fully saturated rings. The van der Waals surface area contributed by atoms with Gasteiger partial charge in [0.25, 0.3) is 5.91 Å². The molecule has 0 aliphatic carbocycles. The molecule has 1 aromatic rings. The number of thioether (sulfide) groups is 1. The summed E-state index contributed by atoms with van der Waals surface area (Å²) in [6.07, 6.45) is 2.10. The largest absolute Gasteiger partial charge is 0.497 e. The first kappa shape index (κ1) is 19.8. The molecule has 2 saturated heterocycles. The number of amides is 2. The highest BCUT2D eigenvalue weighted by atomic mass is 32.2. The van der Waals surface area contributed by atoms with E-state index in [0.717, 1.165) is 17.3 Å². The number of carbonyl (C=O) groups excluding carboxylic acids is 2. The van der Waals surface area contributed by atoms with Crippen LogP contribution in [-0.4, -0.2) is 60.7 Å². The molecule has 10 heteroatoms. The number of benzene rings is 1. The van der Waals surface area contributed by atoms with Crippen molar-refractivity contribution in [3.05, 3.63) is 34.7 Å². The fraction of sp³-hybridized carbons (Fsp3) is 0.353. The minimum atomic E-state index is -3.08. The molecule has 0 bridgehead atoms. The molecule has 27 heavy (non-hydrogen) atoms. The number of carbonyl (C=O) groups is 2. The van der Waals surface area contributed by atoms with Gasteiger partial charge in [0.05, 0.1) is 23.5 Å². The Bertz CT molecular complexity index is 909. The van der Waals surface area contributed by atoms with Crippen LogP contribution in [0.15, 0.2) is 29.2 Å². The molecule has 1 aromatic carbocycles. The summed E-state index contributed by atoms with van der Waals surface area (Å²) in [6, 6.07) is 6.80. The lowest BCUT2D eigenvalue weighted by Gasteiger charge is -2.16. The van der Waals surface area contributed by atoms with Crippen molar-refractivity contribution in [3.63, 3.8) is 0 Å². The zero-order valence-electron chi connectivity index (χ0n) is 14.5. The SMILES string of the molecule is COc1ccc(/C=C2\SC(=S)N(CC(=O)N[C@H]3CCS(=O)(=O)C3)C2=O)cc1. The number of nitrogens with one attached hydrogen (secondary N) is 1. The fourth-order valence-corrected chi connectivity index (χ4v) is 5.74. The van der Waals surface area contributed by atoms with E-state index in [1.165, 1.54) is 4.90 Å². The van der Waals surface area contributed by atoms with Crippen molar-refractivity contribution in [2.75, 3.05) is 25.2 Å². The normalized spacial score (nSPS) is 23.1. The predicted molar refractivity (Wildman–Crippen MR) is 108 cm³/mol. The molecule has 2 aliphatic rings. The topological polar surface area (TPSA) is 92.8 Å². The lowest BCUT2D eigenvalue weighted by molar-refractivity contribution is -0.129. The van der Waals surface area contributed by atoms with Gasteiger partial charge >= 0.3 is 0 Å². The first-order chi connectivity index (χ1) is 12.8. The number of hydrogen-bond donors (Lipinski definition) is 1. The molecule has 2 amide bonds. The van der Waals surface area contributed by atoms with Crippen LogP contribution in [0.3, 0.4) is 0 Å². The molecule has 0 radical (unpaired) electrons. The highest BCUT2D eigenvalue weighted by Gasteiger charge is 2.35. The van der Waals surface area contributed by atoms with Crippen LogP contribution in [-0.2, 0) is 19.4 Å². The van der Waals surface area contributed by atoms with Crippen LogP contribution in [0, 0.1) is 0 Å². The van der Waals surface area contributed by atoms with Gasteiger partial charge in [-0.2, -0.15) is 0 Å². The van der Waals surface area contributed by atoms with Crippen molar-refractivity contribution in [2.45, 2.75) is 12.5 Å². The minimum Gasteiger partial charge on any atom is -0.497 e. The van der Waals surface area contributed by atoms with E-state index in [4.69, 9.17) is 17.0 Å². The van der Waals surface area contributed by atoms with Crippen LogP contribution in [0.4, 0.5) is 0 Å². The Morgan fingerprint density at radius 3 is 2.70 bits per heavy atom. The van der Waals surface area contributed by atoms with E-state index >= 15 is 0 Å². The van der Waals surface area contributed by atoms with Gasteiger partial charge in [-0.05, 0) is 30.2 Å². The summed E-state index contributed by atoms with van der Waals surface area (Å²) in [4.78, 5) is 26.4. The van der Waals surface area contributed by atoms with Gasteiger partial charge in [0.1, 0.15) is 16.6 Å². The summed E-state index contributed by atoms with van der Waals surface area (Å²) < 4.78 is 28.3. The molecule has 2 aliphatic heterocycles. The third kappa shape index (κ3) is 4.88. The Morgan fingerprint density at radius 2 is 2.11 bits per heavy atom. The average Bonchev–Trinajstić information content (AvgIpc) is 3.09. The van der Waals surface area contributed by atoms with E-state index in [-0.39, 0.29) is 24.0 Å². The second-order valence-corrected chi connectivity index (χ2v) is 10.1. The first-order valence-electron chi connectivity index (χ1n) is 8.16. The van der Waals surface area contributed by atoms with E-state index in [1.807, 2.05) is 12.1 Å². The van der Waals surface area contributed by atoms with Gasteiger partial charge in [0, 0.05) is 6.04 Å². The average molecular weight is 427 g/mol. The molecule has 2 heterocycles. The Balaban J connectivity index is 1.63. The van der Waals surface area contributed by atoms with Crippen molar-refractivity contribution in [2.24, 2.45) is 0 Å². The Kier molecular flexibility index (Phi) is 5.87. The zero-order chi connectivity index (χ0) is 19.6. The monoisotopic (exact) mass is 426 g/mol. The number of rotatable bonds is 5. The molecule has 144 valence electrons. The quantitative estimate of drug-likeness (QED) is 0.559. The van der Waals surface area contributed by atoms with Gasteiger partial charge in [0.2, 0.25) is 5.91 Å². The predicted octanol–water partition coefficient (Wildman–Crippen LogP) is 1.20. The molecule has 0 unspecified atom stereocenters.